The molecule has 3 rings (SSSR count). The van der Waals surface area contributed by atoms with Crippen LogP contribution in [0.2, 0.25) is 0 Å². The van der Waals surface area contributed by atoms with E-state index in [1.54, 1.807) is 0 Å². The number of nitrogens with one attached hydrogen (secondary N) is 1. The number of hydrogen-bond acceptors (Lipinski definition) is 3. The van der Waals surface area contributed by atoms with Crippen molar-refractivity contribution in [2.24, 2.45) is 4.99 Å². The van der Waals surface area contributed by atoms with Crippen molar-refractivity contribution in [1.82, 2.24) is 10.2 Å². The van der Waals surface area contributed by atoms with Crippen LogP contribution in [0, 0.1) is 0 Å². The van der Waals surface area contributed by atoms with Gasteiger partial charge in [0.2, 0.25) is 0 Å². The first-order chi connectivity index (χ1) is 11.9. The highest BCUT2D eigenvalue weighted by atomic mass is 16.5. The lowest BCUT2D eigenvalue weighted by atomic mass is 10.1. The number of ether oxygens (including phenoxy) is 2. The third-order valence-corrected chi connectivity index (χ3v) is 4.61. The van der Waals surface area contributed by atoms with Crippen LogP contribution in [0.5, 0.6) is 0 Å². The fraction of sp³-hybridized carbons (Fsp3) is 0.632. The van der Waals surface area contributed by atoms with Crippen LogP contribution in [0.1, 0.15) is 25.3 Å². The van der Waals surface area contributed by atoms with Crippen molar-refractivity contribution in [3.05, 3.63) is 35.9 Å². The second-order valence-corrected chi connectivity index (χ2v) is 6.38. The van der Waals surface area contributed by atoms with E-state index in [2.05, 4.69) is 47.5 Å². The smallest absolute Gasteiger partial charge is 0.194 e. The summed E-state index contributed by atoms with van der Waals surface area (Å²) in [5.41, 5.74) is 1.33. The quantitative estimate of drug-likeness (QED) is 0.663. The van der Waals surface area contributed by atoms with Crippen molar-refractivity contribution in [2.75, 3.05) is 39.4 Å². The van der Waals surface area contributed by atoms with Crippen molar-refractivity contribution < 1.29 is 9.47 Å². The fourth-order valence-electron chi connectivity index (χ4n) is 3.35. The van der Waals surface area contributed by atoms with Crippen molar-refractivity contribution in [2.45, 2.75) is 38.4 Å². The van der Waals surface area contributed by atoms with Gasteiger partial charge in [-0.3, -0.25) is 4.99 Å². The molecule has 1 aromatic carbocycles. The molecule has 0 aliphatic carbocycles. The maximum Gasteiger partial charge on any atom is 0.194 e. The highest BCUT2D eigenvalue weighted by molar-refractivity contribution is 5.80. The SMILES string of the molecule is CCNC(=NCCc1ccccc1)N1CCOC(C2CCCO2)C1. The van der Waals surface area contributed by atoms with Crippen LogP contribution >= 0.6 is 0 Å². The maximum absolute atomic E-state index is 5.94. The topological polar surface area (TPSA) is 46.1 Å². The van der Waals surface area contributed by atoms with Gasteiger partial charge in [0.25, 0.3) is 0 Å². The monoisotopic (exact) mass is 331 g/mol. The lowest BCUT2D eigenvalue weighted by Crippen LogP contribution is -2.53. The van der Waals surface area contributed by atoms with E-state index in [0.29, 0.717) is 0 Å². The number of guanidine groups is 1. The average Bonchev–Trinajstić information content (AvgIpc) is 3.17. The van der Waals surface area contributed by atoms with Crippen LogP contribution < -0.4 is 5.32 Å². The summed E-state index contributed by atoms with van der Waals surface area (Å²) in [6.07, 6.45) is 3.64. The third kappa shape index (κ3) is 4.71. The fourth-order valence-corrected chi connectivity index (χ4v) is 3.35. The Morgan fingerprint density at radius 2 is 2.04 bits per heavy atom. The summed E-state index contributed by atoms with van der Waals surface area (Å²) in [5, 5.41) is 3.43. The van der Waals surface area contributed by atoms with Gasteiger partial charge in [0.05, 0.1) is 12.7 Å². The molecule has 0 amide bonds. The van der Waals surface area contributed by atoms with Gasteiger partial charge < -0.3 is 19.7 Å². The second kappa shape index (κ2) is 9.04. The van der Waals surface area contributed by atoms with Gasteiger partial charge in [-0.2, -0.15) is 0 Å². The summed E-state index contributed by atoms with van der Waals surface area (Å²) in [6.45, 7) is 7.16. The van der Waals surface area contributed by atoms with Crippen molar-refractivity contribution >= 4 is 5.96 Å². The Morgan fingerprint density at radius 3 is 2.79 bits per heavy atom. The third-order valence-electron chi connectivity index (χ3n) is 4.61. The Morgan fingerprint density at radius 1 is 1.21 bits per heavy atom. The van der Waals surface area contributed by atoms with E-state index < -0.39 is 0 Å². The zero-order valence-corrected chi connectivity index (χ0v) is 14.6. The molecule has 1 N–H and O–H groups in total. The molecule has 2 unspecified atom stereocenters. The first kappa shape index (κ1) is 17.2. The maximum atomic E-state index is 5.94. The molecule has 0 bridgehead atoms. The summed E-state index contributed by atoms with van der Waals surface area (Å²) in [4.78, 5) is 7.15. The van der Waals surface area contributed by atoms with Gasteiger partial charge in [0.15, 0.2) is 5.96 Å². The van der Waals surface area contributed by atoms with Gasteiger partial charge in [-0.15, -0.1) is 0 Å². The number of aliphatic imine (C=N–C) groups is 1. The van der Waals surface area contributed by atoms with Crippen molar-refractivity contribution in [3.63, 3.8) is 0 Å². The molecular weight excluding hydrogens is 302 g/mol. The Labute approximate surface area is 145 Å². The van der Waals surface area contributed by atoms with E-state index >= 15 is 0 Å². The van der Waals surface area contributed by atoms with Crippen LogP contribution in [0.4, 0.5) is 0 Å². The number of rotatable bonds is 5. The van der Waals surface area contributed by atoms with Crippen molar-refractivity contribution in [3.8, 4) is 0 Å². The normalized spacial score (nSPS) is 25.0. The average molecular weight is 331 g/mol. The minimum absolute atomic E-state index is 0.166. The molecule has 2 saturated heterocycles. The zero-order valence-electron chi connectivity index (χ0n) is 14.6. The Bertz CT molecular complexity index is 515. The lowest BCUT2D eigenvalue weighted by molar-refractivity contribution is -0.0817. The minimum Gasteiger partial charge on any atom is -0.375 e. The molecule has 2 fully saturated rings. The largest absolute Gasteiger partial charge is 0.375 e. The summed E-state index contributed by atoms with van der Waals surface area (Å²) in [7, 11) is 0. The standard InChI is InChI=1S/C19H29N3O2/c1-2-20-19(21-11-10-16-7-4-3-5-8-16)22-12-14-24-18(15-22)17-9-6-13-23-17/h3-5,7-8,17-18H,2,6,9-15H2,1H3,(H,20,21). The van der Waals surface area contributed by atoms with E-state index in [-0.39, 0.29) is 12.2 Å². The molecule has 2 atom stereocenters. The first-order valence-corrected chi connectivity index (χ1v) is 9.17. The highest BCUT2D eigenvalue weighted by Gasteiger charge is 2.32. The lowest BCUT2D eigenvalue weighted by Gasteiger charge is -2.37. The van der Waals surface area contributed by atoms with Gasteiger partial charge in [0, 0.05) is 32.8 Å². The molecular formula is C19H29N3O2. The van der Waals surface area contributed by atoms with Crippen LogP contribution in [0.25, 0.3) is 0 Å². The molecule has 5 heteroatoms. The number of morpholine rings is 1. The summed E-state index contributed by atoms with van der Waals surface area (Å²) < 4.78 is 11.8. The van der Waals surface area contributed by atoms with E-state index in [4.69, 9.17) is 14.5 Å². The van der Waals surface area contributed by atoms with E-state index in [1.807, 2.05) is 0 Å². The summed E-state index contributed by atoms with van der Waals surface area (Å²) in [6, 6.07) is 10.5. The predicted octanol–water partition coefficient (Wildman–Crippen LogP) is 2.07. The molecule has 0 radical (unpaired) electrons. The van der Waals surface area contributed by atoms with Crippen LogP contribution in [0.15, 0.2) is 35.3 Å². The Kier molecular flexibility index (Phi) is 6.49. The molecule has 2 heterocycles. The van der Waals surface area contributed by atoms with Gasteiger partial charge in [0.1, 0.15) is 6.10 Å². The predicted molar refractivity (Wildman–Crippen MR) is 96.4 cm³/mol. The van der Waals surface area contributed by atoms with E-state index in [9.17, 15) is 0 Å². The van der Waals surface area contributed by atoms with Gasteiger partial charge >= 0.3 is 0 Å². The van der Waals surface area contributed by atoms with Gasteiger partial charge in [-0.05, 0) is 31.7 Å². The molecule has 0 aromatic heterocycles. The number of benzene rings is 1. The molecule has 1 aromatic rings. The second-order valence-electron chi connectivity index (χ2n) is 6.38. The Balaban J connectivity index is 1.57. The summed E-state index contributed by atoms with van der Waals surface area (Å²) in [5.74, 6) is 1.000. The first-order valence-electron chi connectivity index (χ1n) is 9.17. The molecule has 0 saturated carbocycles. The van der Waals surface area contributed by atoms with E-state index in [0.717, 1.165) is 64.6 Å². The molecule has 0 spiro atoms. The minimum atomic E-state index is 0.166. The molecule has 2 aliphatic heterocycles. The van der Waals surface area contributed by atoms with Crippen LogP contribution in [-0.2, 0) is 15.9 Å². The van der Waals surface area contributed by atoms with Crippen LogP contribution in [-0.4, -0.2) is 62.5 Å². The summed E-state index contributed by atoms with van der Waals surface area (Å²) >= 11 is 0. The molecule has 132 valence electrons. The zero-order chi connectivity index (χ0) is 16.6. The highest BCUT2D eigenvalue weighted by Crippen LogP contribution is 2.21. The molecule has 2 aliphatic rings. The van der Waals surface area contributed by atoms with Gasteiger partial charge in [-0.1, -0.05) is 30.3 Å². The van der Waals surface area contributed by atoms with E-state index in [1.165, 1.54) is 5.56 Å². The van der Waals surface area contributed by atoms with Crippen LogP contribution in [0.3, 0.4) is 0 Å². The van der Waals surface area contributed by atoms with Crippen molar-refractivity contribution in [1.29, 1.82) is 0 Å². The number of nitrogens with zero attached hydrogens (tertiary/aromatic N) is 2. The Hall–Kier alpha value is -1.59. The van der Waals surface area contributed by atoms with Gasteiger partial charge in [-0.25, -0.2) is 0 Å². The molecule has 24 heavy (non-hydrogen) atoms. The molecule has 5 nitrogen and oxygen atoms in total. The number of hydrogen-bond donors (Lipinski definition) is 1.